The predicted molar refractivity (Wildman–Crippen MR) is 71.5 cm³/mol. The van der Waals surface area contributed by atoms with Crippen molar-refractivity contribution in [3.8, 4) is 0 Å². The molecule has 0 spiro atoms. The molecule has 1 heterocycles. The van der Waals surface area contributed by atoms with Gasteiger partial charge in [-0.05, 0) is 31.5 Å². The van der Waals surface area contributed by atoms with Crippen molar-refractivity contribution in [1.29, 1.82) is 0 Å². The summed E-state index contributed by atoms with van der Waals surface area (Å²) in [5.41, 5.74) is 0. The van der Waals surface area contributed by atoms with Crippen LogP contribution in [0.25, 0.3) is 0 Å². The van der Waals surface area contributed by atoms with E-state index in [0.29, 0.717) is 6.04 Å². The van der Waals surface area contributed by atoms with Crippen LogP contribution in [0.5, 0.6) is 0 Å². The van der Waals surface area contributed by atoms with Gasteiger partial charge in [-0.15, -0.1) is 0 Å². The number of ether oxygens (including phenoxy) is 1. The molecule has 1 aromatic heterocycles. The van der Waals surface area contributed by atoms with E-state index in [-0.39, 0.29) is 0 Å². The Morgan fingerprint density at radius 2 is 2.39 bits per heavy atom. The first kappa shape index (κ1) is 13.6. The van der Waals surface area contributed by atoms with E-state index in [4.69, 9.17) is 9.15 Å². The molecule has 102 valence electrons. The molecule has 1 aromatic rings. The van der Waals surface area contributed by atoms with E-state index in [2.05, 4.69) is 17.1 Å². The maximum absolute atomic E-state index is 5.43. The molecule has 1 fully saturated rings. The topological polar surface area (TPSA) is 37.6 Å². The van der Waals surface area contributed by atoms with Crippen molar-refractivity contribution < 1.29 is 9.15 Å². The van der Waals surface area contributed by atoms with Crippen LogP contribution in [0, 0.1) is 0 Å². The summed E-state index contributed by atoms with van der Waals surface area (Å²) in [6, 6.07) is 5.12. The van der Waals surface area contributed by atoms with Crippen LogP contribution in [0.2, 0.25) is 0 Å². The van der Waals surface area contributed by atoms with Crippen molar-refractivity contribution in [2.24, 2.45) is 0 Å². The average molecular weight is 252 g/mol. The Labute approximate surface area is 109 Å². The maximum Gasteiger partial charge on any atom is 0.117 e. The van der Waals surface area contributed by atoms with Crippen LogP contribution >= 0.6 is 0 Å². The van der Waals surface area contributed by atoms with Gasteiger partial charge in [-0.25, -0.2) is 0 Å². The van der Waals surface area contributed by atoms with E-state index in [9.17, 15) is 0 Å². The van der Waals surface area contributed by atoms with Gasteiger partial charge in [0.05, 0.1) is 19.4 Å². The van der Waals surface area contributed by atoms with Gasteiger partial charge in [0, 0.05) is 25.7 Å². The number of hydrogen-bond donors (Lipinski definition) is 1. The second-order valence-corrected chi connectivity index (χ2v) is 4.93. The molecule has 0 saturated heterocycles. The third kappa shape index (κ3) is 4.12. The van der Waals surface area contributed by atoms with E-state index >= 15 is 0 Å². The van der Waals surface area contributed by atoms with Crippen molar-refractivity contribution in [3.63, 3.8) is 0 Å². The molecule has 18 heavy (non-hydrogen) atoms. The summed E-state index contributed by atoms with van der Waals surface area (Å²) in [6.07, 6.45) is 4.38. The van der Waals surface area contributed by atoms with Crippen LogP contribution < -0.4 is 5.32 Å². The van der Waals surface area contributed by atoms with Crippen molar-refractivity contribution >= 4 is 0 Å². The molecular formula is C14H24N2O2. The molecule has 4 heteroatoms. The summed E-state index contributed by atoms with van der Waals surface area (Å²) < 4.78 is 10.8. The predicted octanol–water partition coefficient (Wildman–Crippen LogP) is 1.87. The molecule has 0 radical (unpaired) electrons. The van der Waals surface area contributed by atoms with Crippen LogP contribution in [0.3, 0.4) is 0 Å². The molecule has 0 aliphatic heterocycles. The standard InChI is InChI=1S/C14H24N2O2/c1-3-16(10-14-5-4-8-18-14)13(11-17-2)9-15-12-6-7-12/h4-5,8,12-13,15H,3,6-7,9-11H2,1-2H3. The van der Waals surface area contributed by atoms with Gasteiger partial charge in [0.25, 0.3) is 0 Å². The lowest BCUT2D eigenvalue weighted by molar-refractivity contribution is 0.0832. The first-order valence-corrected chi connectivity index (χ1v) is 6.82. The SMILES string of the molecule is CCN(Cc1ccco1)C(CNC1CC1)COC. The fourth-order valence-electron chi connectivity index (χ4n) is 2.18. The Bertz CT molecular complexity index is 323. The number of likely N-dealkylation sites (N-methyl/N-ethyl adjacent to an activating group) is 1. The summed E-state index contributed by atoms with van der Waals surface area (Å²) in [4.78, 5) is 2.40. The van der Waals surface area contributed by atoms with E-state index in [0.717, 1.165) is 38.0 Å². The lowest BCUT2D eigenvalue weighted by atomic mass is 10.2. The highest BCUT2D eigenvalue weighted by molar-refractivity contribution is 4.98. The molecule has 1 unspecified atom stereocenters. The highest BCUT2D eigenvalue weighted by Gasteiger charge is 2.24. The highest BCUT2D eigenvalue weighted by atomic mass is 16.5. The van der Waals surface area contributed by atoms with Crippen LogP contribution in [0.4, 0.5) is 0 Å². The minimum Gasteiger partial charge on any atom is -0.468 e. The summed E-state index contributed by atoms with van der Waals surface area (Å²) in [5, 5.41) is 3.58. The first-order chi connectivity index (χ1) is 8.83. The van der Waals surface area contributed by atoms with Gasteiger partial charge in [-0.1, -0.05) is 6.92 Å². The Morgan fingerprint density at radius 3 is 2.94 bits per heavy atom. The van der Waals surface area contributed by atoms with Crippen LogP contribution in [0.1, 0.15) is 25.5 Å². The zero-order chi connectivity index (χ0) is 12.8. The quantitative estimate of drug-likeness (QED) is 0.728. The summed E-state index contributed by atoms with van der Waals surface area (Å²) >= 11 is 0. The summed E-state index contributed by atoms with van der Waals surface area (Å²) in [6.45, 7) is 5.79. The van der Waals surface area contributed by atoms with Crippen LogP contribution in [-0.2, 0) is 11.3 Å². The lowest BCUT2D eigenvalue weighted by Crippen LogP contribution is -2.45. The number of nitrogens with zero attached hydrogens (tertiary/aromatic N) is 1. The molecule has 1 atom stereocenters. The molecule has 0 aromatic carbocycles. The zero-order valence-corrected chi connectivity index (χ0v) is 11.4. The molecule has 4 nitrogen and oxygen atoms in total. The zero-order valence-electron chi connectivity index (χ0n) is 11.4. The third-order valence-corrected chi connectivity index (χ3v) is 3.44. The van der Waals surface area contributed by atoms with Gasteiger partial charge in [-0.3, -0.25) is 4.90 Å². The van der Waals surface area contributed by atoms with E-state index in [1.165, 1.54) is 12.8 Å². The van der Waals surface area contributed by atoms with Crippen molar-refractivity contribution in [1.82, 2.24) is 10.2 Å². The largest absolute Gasteiger partial charge is 0.468 e. The van der Waals surface area contributed by atoms with Gasteiger partial charge in [-0.2, -0.15) is 0 Å². The summed E-state index contributed by atoms with van der Waals surface area (Å²) in [7, 11) is 1.77. The van der Waals surface area contributed by atoms with Gasteiger partial charge in [0.15, 0.2) is 0 Å². The van der Waals surface area contributed by atoms with Crippen LogP contribution in [0.15, 0.2) is 22.8 Å². The maximum atomic E-state index is 5.43. The fraction of sp³-hybridized carbons (Fsp3) is 0.714. The Kier molecular flexibility index (Phi) is 5.23. The Hall–Kier alpha value is -0.840. The number of furan rings is 1. The molecule has 0 amide bonds. The smallest absolute Gasteiger partial charge is 0.117 e. The molecule has 0 bridgehead atoms. The van der Waals surface area contributed by atoms with Crippen molar-refractivity contribution in [2.45, 2.75) is 38.4 Å². The monoisotopic (exact) mass is 252 g/mol. The normalized spacial score (nSPS) is 17.3. The number of hydrogen-bond acceptors (Lipinski definition) is 4. The number of methoxy groups -OCH3 is 1. The minimum absolute atomic E-state index is 0.408. The molecular weight excluding hydrogens is 228 g/mol. The lowest BCUT2D eigenvalue weighted by Gasteiger charge is -2.29. The average Bonchev–Trinajstić information content (AvgIpc) is 3.07. The highest BCUT2D eigenvalue weighted by Crippen LogP contribution is 2.19. The van der Waals surface area contributed by atoms with Gasteiger partial charge in [0.2, 0.25) is 0 Å². The van der Waals surface area contributed by atoms with Gasteiger partial charge in [0.1, 0.15) is 5.76 Å². The second kappa shape index (κ2) is 6.92. The van der Waals surface area contributed by atoms with Gasteiger partial charge >= 0.3 is 0 Å². The molecule has 1 aliphatic rings. The molecule has 2 rings (SSSR count). The van der Waals surface area contributed by atoms with Crippen LogP contribution in [-0.4, -0.2) is 43.8 Å². The summed E-state index contributed by atoms with van der Waals surface area (Å²) in [5.74, 6) is 1.02. The minimum atomic E-state index is 0.408. The van der Waals surface area contributed by atoms with E-state index < -0.39 is 0 Å². The molecule has 1 aliphatic carbocycles. The molecule has 1 saturated carbocycles. The van der Waals surface area contributed by atoms with E-state index in [1.807, 2.05) is 12.1 Å². The van der Waals surface area contributed by atoms with Crippen molar-refractivity contribution in [2.75, 3.05) is 26.8 Å². The fourth-order valence-corrected chi connectivity index (χ4v) is 2.18. The number of nitrogens with one attached hydrogen (secondary N) is 1. The van der Waals surface area contributed by atoms with E-state index in [1.54, 1.807) is 13.4 Å². The first-order valence-electron chi connectivity index (χ1n) is 6.82. The van der Waals surface area contributed by atoms with Gasteiger partial charge < -0.3 is 14.5 Å². The second-order valence-electron chi connectivity index (χ2n) is 4.93. The molecule has 1 N–H and O–H groups in total. The Balaban J connectivity index is 1.87. The third-order valence-electron chi connectivity index (χ3n) is 3.44. The Morgan fingerprint density at radius 1 is 1.56 bits per heavy atom. The number of rotatable bonds is 9. The van der Waals surface area contributed by atoms with Crippen molar-refractivity contribution in [3.05, 3.63) is 24.2 Å².